The minimum Gasteiger partial charge on any atom is -0.490 e. The molecule has 2 heterocycles. The van der Waals surface area contributed by atoms with Crippen molar-refractivity contribution in [1.29, 1.82) is 0 Å². The molecule has 0 amide bonds. The number of nitrogens with two attached hydrogens (primary N) is 2. The maximum Gasteiger partial charge on any atom is 0.153 e. The molecule has 0 aliphatic rings. The molecule has 33 heavy (non-hydrogen) atoms. The number of nitrogen functional groups attached to an aromatic ring is 1. The van der Waals surface area contributed by atoms with Crippen LogP contribution in [0.25, 0.3) is 33.3 Å². The minimum atomic E-state index is -0.119. The Bertz CT molecular complexity index is 1370. The minimum absolute atomic E-state index is 0.119. The second-order valence-electron chi connectivity index (χ2n) is 8.06. The zero-order chi connectivity index (χ0) is 22.6. The molecule has 3 aromatic carbocycles. The SMILES string of the molecule is Nc1n[nH]c2ccc(-c3cc(OC[C@H](N)Cc4ccccc4)cnc3-c3ccccc3)cc12. The number of anilines is 1. The summed E-state index contributed by atoms with van der Waals surface area (Å²) in [7, 11) is 0. The maximum absolute atomic E-state index is 6.32. The average Bonchev–Trinajstić information content (AvgIpc) is 3.24. The van der Waals surface area contributed by atoms with E-state index in [0.717, 1.165) is 39.7 Å². The largest absolute Gasteiger partial charge is 0.490 e. The molecule has 0 aliphatic carbocycles. The molecule has 6 nitrogen and oxygen atoms in total. The van der Waals surface area contributed by atoms with E-state index >= 15 is 0 Å². The standard InChI is InChI=1S/C27H25N5O/c28-21(13-18-7-3-1-4-8-18)17-33-22-15-23(26(30-16-22)19-9-5-2-6-10-19)20-11-12-25-24(14-20)27(29)32-31-25/h1-12,14-16,21H,13,17,28H2,(H3,29,31,32)/t21-/m1/s1. The highest BCUT2D eigenvalue weighted by Crippen LogP contribution is 2.35. The van der Waals surface area contributed by atoms with E-state index in [9.17, 15) is 0 Å². The van der Waals surface area contributed by atoms with E-state index in [1.165, 1.54) is 5.56 Å². The van der Waals surface area contributed by atoms with Crippen molar-refractivity contribution >= 4 is 16.7 Å². The Balaban J connectivity index is 1.46. The van der Waals surface area contributed by atoms with Crippen molar-refractivity contribution in [3.05, 3.63) is 96.7 Å². The van der Waals surface area contributed by atoms with E-state index in [2.05, 4.69) is 22.3 Å². The number of ether oxygens (including phenoxy) is 1. The fourth-order valence-electron chi connectivity index (χ4n) is 3.95. The summed E-state index contributed by atoms with van der Waals surface area (Å²) in [5.41, 5.74) is 18.3. The van der Waals surface area contributed by atoms with Gasteiger partial charge in [-0.1, -0.05) is 66.7 Å². The third-order valence-electron chi connectivity index (χ3n) is 5.62. The van der Waals surface area contributed by atoms with Gasteiger partial charge in [-0.15, -0.1) is 0 Å². The average molecular weight is 436 g/mol. The van der Waals surface area contributed by atoms with Crippen LogP contribution in [-0.4, -0.2) is 27.8 Å². The number of benzene rings is 3. The molecular formula is C27H25N5O. The summed E-state index contributed by atoms with van der Waals surface area (Å²) in [4.78, 5) is 4.76. The fraction of sp³-hybridized carbons (Fsp3) is 0.111. The number of hydrogen-bond donors (Lipinski definition) is 3. The fourth-order valence-corrected chi connectivity index (χ4v) is 3.95. The Kier molecular flexibility index (Phi) is 5.74. The number of nitrogens with one attached hydrogen (secondary N) is 1. The predicted octanol–water partition coefficient (Wildman–Crippen LogP) is 4.82. The first-order valence-electron chi connectivity index (χ1n) is 10.9. The summed E-state index contributed by atoms with van der Waals surface area (Å²) in [5.74, 6) is 1.15. The van der Waals surface area contributed by atoms with Gasteiger partial charge < -0.3 is 16.2 Å². The first-order valence-corrected chi connectivity index (χ1v) is 10.9. The molecule has 0 aliphatic heterocycles. The Hall–Kier alpha value is -4.16. The van der Waals surface area contributed by atoms with E-state index in [-0.39, 0.29) is 6.04 Å². The number of nitrogens with zero attached hydrogens (tertiary/aromatic N) is 2. The number of fused-ring (bicyclic) bond motifs is 1. The lowest BCUT2D eigenvalue weighted by Gasteiger charge is -2.16. The molecule has 0 radical (unpaired) electrons. The molecule has 0 saturated carbocycles. The summed E-state index contributed by atoms with van der Waals surface area (Å²) in [6.45, 7) is 0.397. The number of hydrogen-bond acceptors (Lipinski definition) is 5. The Morgan fingerprint density at radius 2 is 1.64 bits per heavy atom. The summed E-state index contributed by atoms with van der Waals surface area (Å²) < 4.78 is 6.06. The lowest BCUT2D eigenvalue weighted by atomic mass is 9.98. The highest BCUT2D eigenvalue weighted by Gasteiger charge is 2.14. The molecule has 0 bridgehead atoms. The molecule has 0 saturated heterocycles. The maximum atomic E-state index is 6.32. The smallest absolute Gasteiger partial charge is 0.153 e. The highest BCUT2D eigenvalue weighted by atomic mass is 16.5. The van der Waals surface area contributed by atoms with Gasteiger partial charge in [-0.3, -0.25) is 10.1 Å². The third-order valence-corrected chi connectivity index (χ3v) is 5.62. The van der Waals surface area contributed by atoms with Gasteiger partial charge in [0.1, 0.15) is 12.4 Å². The molecule has 1 atom stereocenters. The first-order chi connectivity index (χ1) is 16.2. The van der Waals surface area contributed by atoms with Gasteiger partial charge in [0.05, 0.1) is 17.4 Å². The first kappa shape index (κ1) is 20.7. The van der Waals surface area contributed by atoms with Crippen molar-refractivity contribution in [1.82, 2.24) is 15.2 Å². The monoisotopic (exact) mass is 435 g/mol. The van der Waals surface area contributed by atoms with Crippen molar-refractivity contribution in [2.24, 2.45) is 5.73 Å². The van der Waals surface area contributed by atoms with Crippen molar-refractivity contribution in [3.8, 4) is 28.1 Å². The van der Waals surface area contributed by atoms with Crippen LogP contribution in [0.15, 0.2) is 91.1 Å². The van der Waals surface area contributed by atoms with Gasteiger partial charge in [0, 0.05) is 22.6 Å². The van der Waals surface area contributed by atoms with Gasteiger partial charge in [-0.25, -0.2) is 0 Å². The number of aromatic nitrogens is 3. The Morgan fingerprint density at radius 1 is 0.879 bits per heavy atom. The van der Waals surface area contributed by atoms with Crippen molar-refractivity contribution in [2.75, 3.05) is 12.3 Å². The van der Waals surface area contributed by atoms with Crippen LogP contribution in [-0.2, 0) is 6.42 Å². The normalized spacial score (nSPS) is 12.0. The summed E-state index contributed by atoms with van der Waals surface area (Å²) in [6.07, 6.45) is 2.51. The van der Waals surface area contributed by atoms with Crippen LogP contribution < -0.4 is 16.2 Å². The van der Waals surface area contributed by atoms with Crippen molar-refractivity contribution in [2.45, 2.75) is 12.5 Å². The van der Waals surface area contributed by atoms with Crippen LogP contribution in [0.4, 0.5) is 5.82 Å². The van der Waals surface area contributed by atoms with Gasteiger partial charge in [-0.05, 0) is 35.7 Å². The second-order valence-corrected chi connectivity index (χ2v) is 8.06. The second kappa shape index (κ2) is 9.14. The summed E-state index contributed by atoms with van der Waals surface area (Å²) in [6, 6.07) is 28.2. The van der Waals surface area contributed by atoms with Gasteiger partial charge in [0.25, 0.3) is 0 Å². The van der Waals surface area contributed by atoms with Crippen LogP contribution in [0.1, 0.15) is 5.56 Å². The third kappa shape index (κ3) is 4.56. The van der Waals surface area contributed by atoms with Crippen LogP contribution in [0.2, 0.25) is 0 Å². The topological polar surface area (TPSA) is 103 Å². The van der Waals surface area contributed by atoms with Gasteiger partial charge in [-0.2, -0.15) is 5.10 Å². The number of pyridine rings is 1. The van der Waals surface area contributed by atoms with Gasteiger partial charge >= 0.3 is 0 Å². The Morgan fingerprint density at radius 3 is 2.42 bits per heavy atom. The van der Waals surface area contributed by atoms with E-state index in [4.69, 9.17) is 21.2 Å². The summed E-state index contributed by atoms with van der Waals surface area (Å²) in [5, 5.41) is 7.94. The van der Waals surface area contributed by atoms with Crippen LogP contribution >= 0.6 is 0 Å². The molecular weight excluding hydrogens is 410 g/mol. The molecule has 164 valence electrons. The van der Waals surface area contributed by atoms with Crippen LogP contribution in [0, 0.1) is 0 Å². The van der Waals surface area contributed by atoms with E-state index < -0.39 is 0 Å². The van der Waals surface area contributed by atoms with E-state index in [1.54, 1.807) is 6.20 Å². The number of aromatic amines is 1. The predicted molar refractivity (Wildman–Crippen MR) is 133 cm³/mol. The number of H-pyrrole nitrogens is 1. The highest BCUT2D eigenvalue weighted by molar-refractivity contribution is 5.94. The summed E-state index contributed by atoms with van der Waals surface area (Å²) >= 11 is 0. The van der Waals surface area contributed by atoms with E-state index in [1.807, 2.05) is 72.8 Å². The van der Waals surface area contributed by atoms with Crippen molar-refractivity contribution < 1.29 is 4.74 Å². The zero-order valence-electron chi connectivity index (χ0n) is 18.1. The lowest BCUT2D eigenvalue weighted by Crippen LogP contribution is -2.30. The molecule has 6 heteroatoms. The quantitative estimate of drug-likeness (QED) is 0.340. The zero-order valence-corrected chi connectivity index (χ0v) is 18.1. The Labute approximate surface area is 192 Å². The molecule has 2 aromatic heterocycles. The molecule has 5 rings (SSSR count). The molecule has 0 unspecified atom stereocenters. The van der Waals surface area contributed by atoms with Crippen LogP contribution in [0.5, 0.6) is 5.75 Å². The van der Waals surface area contributed by atoms with Gasteiger partial charge in [0.2, 0.25) is 0 Å². The molecule has 0 fully saturated rings. The van der Waals surface area contributed by atoms with Crippen molar-refractivity contribution in [3.63, 3.8) is 0 Å². The van der Waals surface area contributed by atoms with Gasteiger partial charge in [0.15, 0.2) is 5.82 Å². The lowest BCUT2D eigenvalue weighted by molar-refractivity contribution is 0.287. The van der Waals surface area contributed by atoms with E-state index in [0.29, 0.717) is 18.2 Å². The number of rotatable bonds is 7. The molecule has 0 spiro atoms. The molecule has 5 aromatic rings. The van der Waals surface area contributed by atoms with Crippen LogP contribution in [0.3, 0.4) is 0 Å². The molecule has 5 N–H and O–H groups in total.